The van der Waals surface area contributed by atoms with Gasteiger partial charge in [0.05, 0.1) is 26.7 Å². The third-order valence-corrected chi connectivity index (χ3v) is 4.10. The van der Waals surface area contributed by atoms with Gasteiger partial charge in [-0.1, -0.05) is 12.1 Å². The number of methoxy groups -OCH3 is 1. The van der Waals surface area contributed by atoms with Crippen molar-refractivity contribution in [3.63, 3.8) is 0 Å². The highest BCUT2D eigenvalue weighted by atomic mass is 16.5. The summed E-state index contributed by atoms with van der Waals surface area (Å²) in [6, 6.07) is 8.90. The average Bonchev–Trinajstić information content (AvgIpc) is 2.61. The van der Waals surface area contributed by atoms with Gasteiger partial charge in [-0.15, -0.1) is 0 Å². The minimum absolute atomic E-state index is 0.0107. The van der Waals surface area contributed by atoms with Crippen molar-refractivity contribution in [2.24, 2.45) is 0 Å². The number of rotatable bonds is 4. The van der Waals surface area contributed by atoms with Crippen LogP contribution < -0.4 is 10.3 Å². The van der Waals surface area contributed by atoms with Crippen LogP contribution in [0.25, 0.3) is 0 Å². The molecule has 7 nitrogen and oxygen atoms in total. The summed E-state index contributed by atoms with van der Waals surface area (Å²) in [5.41, 5.74) is 1.31. The summed E-state index contributed by atoms with van der Waals surface area (Å²) >= 11 is 0. The number of benzene rings is 1. The summed E-state index contributed by atoms with van der Waals surface area (Å²) in [7, 11) is 1.60. The summed E-state index contributed by atoms with van der Waals surface area (Å²) in [4.78, 5) is 33.0. The van der Waals surface area contributed by atoms with Gasteiger partial charge in [-0.25, -0.2) is 4.98 Å². The molecule has 1 unspecified atom stereocenters. The fraction of sp³-hybridized carbons (Fsp3) is 0.389. The Hall–Kier alpha value is -2.67. The Morgan fingerprint density at radius 1 is 1.44 bits per heavy atom. The molecule has 132 valence electrons. The predicted molar refractivity (Wildman–Crippen MR) is 91.6 cm³/mol. The van der Waals surface area contributed by atoms with Crippen LogP contribution in [0.1, 0.15) is 23.2 Å². The molecule has 1 aromatic carbocycles. The maximum Gasteiger partial charge on any atom is 0.251 e. The lowest BCUT2D eigenvalue weighted by Crippen LogP contribution is -2.43. The van der Waals surface area contributed by atoms with Crippen molar-refractivity contribution in [2.75, 3.05) is 26.8 Å². The molecule has 0 spiro atoms. The normalized spacial score (nSPS) is 17.4. The van der Waals surface area contributed by atoms with Crippen molar-refractivity contribution in [1.29, 1.82) is 0 Å². The summed E-state index contributed by atoms with van der Waals surface area (Å²) in [6.45, 7) is 3.06. The lowest BCUT2D eigenvalue weighted by atomic mass is 10.1. The van der Waals surface area contributed by atoms with Crippen LogP contribution in [0.15, 0.2) is 35.1 Å². The van der Waals surface area contributed by atoms with Gasteiger partial charge in [0.25, 0.3) is 5.56 Å². The predicted octanol–water partition coefficient (Wildman–Crippen LogP) is 1.23. The first-order chi connectivity index (χ1) is 12.0. The molecule has 1 saturated heterocycles. The van der Waals surface area contributed by atoms with Gasteiger partial charge in [-0.3, -0.25) is 9.59 Å². The maximum absolute atomic E-state index is 12.6. The van der Waals surface area contributed by atoms with E-state index in [1.54, 1.807) is 18.9 Å². The van der Waals surface area contributed by atoms with E-state index in [2.05, 4.69) is 9.97 Å². The van der Waals surface area contributed by atoms with Gasteiger partial charge in [-0.05, 0) is 24.6 Å². The molecular weight excluding hydrogens is 322 g/mol. The summed E-state index contributed by atoms with van der Waals surface area (Å²) in [5.74, 6) is 1.20. The SMILES string of the molecule is COc1cccc(CC(=O)N2CCOC(c3nc(C)cc(=O)[nH]3)C2)c1. The molecule has 1 amide bonds. The number of carbonyl (C=O) groups excluding carboxylic acids is 1. The quantitative estimate of drug-likeness (QED) is 0.903. The molecule has 0 aliphatic carbocycles. The summed E-state index contributed by atoms with van der Waals surface area (Å²) in [6.07, 6.45) is -0.127. The van der Waals surface area contributed by atoms with E-state index in [0.717, 1.165) is 11.3 Å². The second-order valence-corrected chi connectivity index (χ2v) is 6.00. The Bertz CT molecular complexity index is 818. The minimum Gasteiger partial charge on any atom is -0.497 e. The van der Waals surface area contributed by atoms with Gasteiger partial charge < -0.3 is 19.4 Å². The third kappa shape index (κ3) is 4.24. The number of carbonyl (C=O) groups is 1. The first kappa shape index (κ1) is 17.2. The van der Waals surface area contributed by atoms with Crippen molar-refractivity contribution >= 4 is 5.91 Å². The topological polar surface area (TPSA) is 84.5 Å². The second-order valence-electron chi connectivity index (χ2n) is 6.00. The minimum atomic E-state index is -0.421. The number of hydrogen-bond acceptors (Lipinski definition) is 5. The molecule has 2 heterocycles. The number of aromatic amines is 1. The van der Waals surface area contributed by atoms with Crippen LogP contribution in [0.2, 0.25) is 0 Å². The van der Waals surface area contributed by atoms with Crippen molar-refractivity contribution in [3.05, 3.63) is 57.8 Å². The molecular formula is C18H21N3O4. The van der Waals surface area contributed by atoms with Gasteiger partial charge in [0.1, 0.15) is 17.7 Å². The average molecular weight is 343 g/mol. The lowest BCUT2D eigenvalue weighted by molar-refractivity contribution is -0.138. The fourth-order valence-corrected chi connectivity index (χ4v) is 2.86. The standard InChI is InChI=1S/C18H21N3O4/c1-12-8-16(22)20-18(19-12)15-11-21(6-7-25-15)17(23)10-13-4-3-5-14(9-13)24-2/h3-5,8-9,15H,6-7,10-11H2,1-2H3,(H,19,20,22). The number of amides is 1. The summed E-state index contributed by atoms with van der Waals surface area (Å²) in [5, 5.41) is 0. The molecule has 0 saturated carbocycles. The van der Waals surface area contributed by atoms with E-state index in [1.165, 1.54) is 6.07 Å². The Kier molecular flexibility index (Phi) is 5.14. The molecule has 2 aromatic rings. The van der Waals surface area contributed by atoms with E-state index in [-0.39, 0.29) is 11.5 Å². The highest BCUT2D eigenvalue weighted by molar-refractivity contribution is 5.79. The van der Waals surface area contributed by atoms with Crippen LogP contribution in [0.4, 0.5) is 0 Å². The molecule has 25 heavy (non-hydrogen) atoms. The van der Waals surface area contributed by atoms with Gasteiger partial charge in [0.2, 0.25) is 5.91 Å². The number of aryl methyl sites for hydroxylation is 1. The van der Waals surface area contributed by atoms with Crippen LogP contribution in [-0.4, -0.2) is 47.6 Å². The zero-order valence-corrected chi connectivity index (χ0v) is 14.3. The number of ether oxygens (including phenoxy) is 2. The largest absolute Gasteiger partial charge is 0.497 e. The summed E-state index contributed by atoms with van der Waals surface area (Å²) < 4.78 is 10.9. The second kappa shape index (κ2) is 7.48. The van der Waals surface area contributed by atoms with E-state index in [9.17, 15) is 9.59 Å². The van der Waals surface area contributed by atoms with E-state index in [1.807, 2.05) is 24.3 Å². The highest BCUT2D eigenvalue weighted by Crippen LogP contribution is 2.20. The first-order valence-electron chi connectivity index (χ1n) is 8.15. The molecule has 0 radical (unpaired) electrons. The number of aromatic nitrogens is 2. The molecule has 1 fully saturated rings. The van der Waals surface area contributed by atoms with E-state index >= 15 is 0 Å². The molecule has 1 aliphatic rings. The first-order valence-corrected chi connectivity index (χ1v) is 8.15. The third-order valence-electron chi connectivity index (χ3n) is 4.10. The Morgan fingerprint density at radius 2 is 2.28 bits per heavy atom. The van der Waals surface area contributed by atoms with Crippen molar-refractivity contribution in [1.82, 2.24) is 14.9 Å². The number of hydrogen-bond donors (Lipinski definition) is 1. The van der Waals surface area contributed by atoms with Gasteiger partial charge in [0.15, 0.2) is 0 Å². The van der Waals surface area contributed by atoms with Crippen molar-refractivity contribution in [2.45, 2.75) is 19.4 Å². The van der Waals surface area contributed by atoms with Gasteiger partial charge >= 0.3 is 0 Å². The number of nitrogens with one attached hydrogen (secondary N) is 1. The van der Waals surface area contributed by atoms with E-state index in [0.29, 0.717) is 37.6 Å². The Balaban J connectivity index is 1.70. The molecule has 7 heteroatoms. The smallest absolute Gasteiger partial charge is 0.251 e. The van der Waals surface area contributed by atoms with Crippen LogP contribution in [0.5, 0.6) is 5.75 Å². The molecule has 1 aliphatic heterocycles. The lowest BCUT2D eigenvalue weighted by Gasteiger charge is -2.32. The van der Waals surface area contributed by atoms with Crippen LogP contribution >= 0.6 is 0 Å². The molecule has 1 aromatic heterocycles. The van der Waals surface area contributed by atoms with Crippen LogP contribution in [-0.2, 0) is 16.0 Å². The Labute approximate surface area is 145 Å². The molecule has 1 N–H and O–H groups in total. The number of nitrogens with zero attached hydrogens (tertiary/aromatic N) is 2. The molecule has 1 atom stereocenters. The van der Waals surface area contributed by atoms with E-state index < -0.39 is 6.10 Å². The number of morpholine rings is 1. The Morgan fingerprint density at radius 3 is 3.04 bits per heavy atom. The van der Waals surface area contributed by atoms with Gasteiger partial charge in [0, 0.05) is 18.3 Å². The molecule has 3 rings (SSSR count). The fourth-order valence-electron chi connectivity index (χ4n) is 2.86. The molecule has 0 bridgehead atoms. The number of H-pyrrole nitrogens is 1. The zero-order chi connectivity index (χ0) is 17.8. The highest BCUT2D eigenvalue weighted by Gasteiger charge is 2.27. The van der Waals surface area contributed by atoms with E-state index in [4.69, 9.17) is 9.47 Å². The van der Waals surface area contributed by atoms with Crippen LogP contribution in [0.3, 0.4) is 0 Å². The zero-order valence-electron chi connectivity index (χ0n) is 14.3. The van der Waals surface area contributed by atoms with Gasteiger partial charge in [-0.2, -0.15) is 0 Å². The van der Waals surface area contributed by atoms with Crippen LogP contribution in [0, 0.1) is 6.92 Å². The van der Waals surface area contributed by atoms with Crippen molar-refractivity contribution in [3.8, 4) is 5.75 Å². The maximum atomic E-state index is 12.6. The monoisotopic (exact) mass is 343 g/mol. The van der Waals surface area contributed by atoms with Crippen molar-refractivity contribution < 1.29 is 14.3 Å².